The standard InChI is InChI=1S/C9H19NO3/c1-7(12-4)6-9(13-5)10(3)8(2)11/h7,9H,6H2,1-5H3. The minimum absolute atomic E-state index is 0.00449. The van der Waals surface area contributed by atoms with Crippen molar-refractivity contribution in [2.45, 2.75) is 32.6 Å². The number of hydrogen-bond donors (Lipinski definition) is 0. The van der Waals surface area contributed by atoms with Crippen molar-refractivity contribution in [3.8, 4) is 0 Å². The summed E-state index contributed by atoms with van der Waals surface area (Å²) in [6.45, 7) is 3.46. The van der Waals surface area contributed by atoms with E-state index in [1.165, 1.54) is 6.92 Å². The Labute approximate surface area is 79.8 Å². The molecule has 2 atom stereocenters. The zero-order valence-corrected chi connectivity index (χ0v) is 9.03. The van der Waals surface area contributed by atoms with Gasteiger partial charge in [0.15, 0.2) is 0 Å². The maximum absolute atomic E-state index is 11.0. The molecule has 0 rings (SSSR count). The molecule has 4 nitrogen and oxygen atoms in total. The largest absolute Gasteiger partial charge is 0.382 e. The van der Waals surface area contributed by atoms with Crippen LogP contribution in [0.5, 0.6) is 0 Å². The van der Waals surface area contributed by atoms with Gasteiger partial charge in [0.2, 0.25) is 5.91 Å². The van der Waals surface area contributed by atoms with Gasteiger partial charge in [-0.25, -0.2) is 0 Å². The summed E-state index contributed by atoms with van der Waals surface area (Å²) in [6, 6.07) is 0. The molecule has 0 aromatic rings. The molecular weight excluding hydrogens is 170 g/mol. The lowest BCUT2D eigenvalue weighted by molar-refractivity contribution is -0.141. The minimum Gasteiger partial charge on any atom is -0.382 e. The summed E-state index contributed by atoms with van der Waals surface area (Å²) in [5.41, 5.74) is 0. The molecule has 0 fully saturated rings. The van der Waals surface area contributed by atoms with Gasteiger partial charge < -0.3 is 14.4 Å². The smallest absolute Gasteiger partial charge is 0.221 e. The zero-order valence-electron chi connectivity index (χ0n) is 9.03. The van der Waals surface area contributed by atoms with E-state index in [0.717, 1.165) is 0 Å². The summed E-state index contributed by atoms with van der Waals surface area (Å²) in [5.74, 6) is -0.00449. The van der Waals surface area contributed by atoms with Crippen LogP contribution in [-0.2, 0) is 14.3 Å². The van der Waals surface area contributed by atoms with E-state index in [-0.39, 0.29) is 18.2 Å². The lowest BCUT2D eigenvalue weighted by Crippen LogP contribution is -2.39. The van der Waals surface area contributed by atoms with Gasteiger partial charge in [-0.2, -0.15) is 0 Å². The average Bonchev–Trinajstić information content (AvgIpc) is 2.12. The average molecular weight is 189 g/mol. The number of amides is 1. The molecule has 0 bridgehead atoms. The third-order valence-electron chi connectivity index (χ3n) is 2.14. The van der Waals surface area contributed by atoms with E-state index in [2.05, 4.69) is 0 Å². The van der Waals surface area contributed by atoms with E-state index in [9.17, 15) is 4.79 Å². The van der Waals surface area contributed by atoms with E-state index in [1.807, 2.05) is 6.92 Å². The Morgan fingerprint density at radius 3 is 2.23 bits per heavy atom. The predicted molar refractivity (Wildman–Crippen MR) is 50.3 cm³/mol. The van der Waals surface area contributed by atoms with E-state index in [4.69, 9.17) is 9.47 Å². The second kappa shape index (κ2) is 5.94. The SMILES string of the molecule is COC(C)CC(OC)N(C)C(C)=O. The topological polar surface area (TPSA) is 38.8 Å². The first-order valence-corrected chi connectivity index (χ1v) is 4.31. The molecule has 0 saturated heterocycles. The van der Waals surface area contributed by atoms with Crippen LogP contribution in [0.3, 0.4) is 0 Å². The quantitative estimate of drug-likeness (QED) is 0.602. The lowest BCUT2D eigenvalue weighted by atomic mass is 10.2. The van der Waals surface area contributed by atoms with Crippen molar-refractivity contribution >= 4 is 5.91 Å². The lowest BCUT2D eigenvalue weighted by Gasteiger charge is -2.27. The fraction of sp³-hybridized carbons (Fsp3) is 0.889. The molecule has 0 spiro atoms. The highest BCUT2D eigenvalue weighted by Gasteiger charge is 2.18. The number of carbonyl (C=O) groups is 1. The van der Waals surface area contributed by atoms with Gasteiger partial charge in [-0.05, 0) is 6.92 Å². The van der Waals surface area contributed by atoms with Crippen LogP contribution < -0.4 is 0 Å². The molecule has 0 aromatic heterocycles. The van der Waals surface area contributed by atoms with Gasteiger partial charge in [0, 0.05) is 34.6 Å². The van der Waals surface area contributed by atoms with Crippen molar-refractivity contribution in [2.24, 2.45) is 0 Å². The third-order valence-corrected chi connectivity index (χ3v) is 2.14. The van der Waals surface area contributed by atoms with Crippen molar-refractivity contribution in [3.63, 3.8) is 0 Å². The summed E-state index contributed by atoms with van der Waals surface area (Å²) in [7, 11) is 4.95. The highest BCUT2D eigenvalue weighted by molar-refractivity contribution is 5.73. The van der Waals surface area contributed by atoms with Gasteiger partial charge in [-0.1, -0.05) is 0 Å². The van der Waals surface area contributed by atoms with Crippen molar-refractivity contribution in [1.82, 2.24) is 4.90 Å². The molecule has 0 saturated carbocycles. The molecule has 0 aliphatic carbocycles. The van der Waals surface area contributed by atoms with Crippen molar-refractivity contribution in [1.29, 1.82) is 0 Å². The van der Waals surface area contributed by atoms with Gasteiger partial charge >= 0.3 is 0 Å². The number of carbonyl (C=O) groups excluding carboxylic acids is 1. The van der Waals surface area contributed by atoms with Crippen LogP contribution in [-0.4, -0.2) is 44.4 Å². The number of hydrogen-bond acceptors (Lipinski definition) is 3. The van der Waals surface area contributed by atoms with Gasteiger partial charge in [0.05, 0.1) is 6.10 Å². The number of rotatable bonds is 5. The molecule has 78 valence electrons. The summed E-state index contributed by atoms with van der Waals surface area (Å²) >= 11 is 0. The molecule has 13 heavy (non-hydrogen) atoms. The zero-order chi connectivity index (χ0) is 10.4. The number of ether oxygens (including phenoxy) is 2. The molecule has 4 heteroatoms. The molecular formula is C9H19NO3. The van der Waals surface area contributed by atoms with E-state index in [0.29, 0.717) is 6.42 Å². The molecule has 1 amide bonds. The van der Waals surface area contributed by atoms with E-state index >= 15 is 0 Å². The minimum atomic E-state index is -0.201. The molecule has 0 aliphatic rings. The number of nitrogens with zero attached hydrogens (tertiary/aromatic N) is 1. The van der Waals surface area contributed by atoms with Crippen LogP contribution in [0.4, 0.5) is 0 Å². The third kappa shape index (κ3) is 4.24. The highest BCUT2D eigenvalue weighted by atomic mass is 16.5. The fourth-order valence-electron chi connectivity index (χ4n) is 0.995. The van der Waals surface area contributed by atoms with Crippen LogP contribution >= 0.6 is 0 Å². The van der Waals surface area contributed by atoms with Gasteiger partial charge in [-0.3, -0.25) is 4.79 Å². The highest BCUT2D eigenvalue weighted by Crippen LogP contribution is 2.08. The molecule has 0 N–H and O–H groups in total. The number of methoxy groups -OCH3 is 2. The van der Waals surface area contributed by atoms with Gasteiger partial charge in [-0.15, -0.1) is 0 Å². The van der Waals surface area contributed by atoms with E-state index in [1.54, 1.807) is 26.2 Å². The molecule has 2 unspecified atom stereocenters. The second-order valence-electron chi connectivity index (χ2n) is 3.10. The second-order valence-corrected chi connectivity index (χ2v) is 3.10. The first-order valence-electron chi connectivity index (χ1n) is 4.31. The van der Waals surface area contributed by atoms with Crippen LogP contribution in [0.1, 0.15) is 20.3 Å². The fourth-order valence-corrected chi connectivity index (χ4v) is 0.995. The van der Waals surface area contributed by atoms with Crippen LogP contribution in [0.25, 0.3) is 0 Å². The predicted octanol–water partition coefficient (Wildman–Crippen LogP) is 0.862. The van der Waals surface area contributed by atoms with Crippen LogP contribution in [0.15, 0.2) is 0 Å². The Morgan fingerprint density at radius 2 is 1.92 bits per heavy atom. The Bertz CT molecular complexity index is 161. The molecule has 0 radical (unpaired) electrons. The monoisotopic (exact) mass is 189 g/mol. The first-order chi connectivity index (χ1) is 6.02. The van der Waals surface area contributed by atoms with E-state index < -0.39 is 0 Å². The first kappa shape index (κ1) is 12.4. The maximum atomic E-state index is 11.0. The van der Waals surface area contributed by atoms with Crippen molar-refractivity contribution in [3.05, 3.63) is 0 Å². The van der Waals surface area contributed by atoms with Crippen molar-refractivity contribution in [2.75, 3.05) is 21.3 Å². The summed E-state index contributed by atoms with van der Waals surface area (Å²) < 4.78 is 10.3. The Morgan fingerprint density at radius 1 is 1.38 bits per heavy atom. The maximum Gasteiger partial charge on any atom is 0.221 e. The Hall–Kier alpha value is -0.610. The summed E-state index contributed by atoms with van der Waals surface area (Å²) in [4.78, 5) is 12.6. The summed E-state index contributed by atoms with van der Waals surface area (Å²) in [6.07, 6.45) is 0.572. The van der Waals surface area contributed by atoms with Gasteiger partial charge in [0.25, 0.3) is 0 Å². The van der Waals surface area contributed by atoms with Crippen LogP contribution in [0.2, 0.25) is 0 Å². The normalized spacial score (nSPS) is 15.2. The molecule has 0 aliphatic heterocycles. The Kier molecular flexibility index (Phi) is 5.66. The Balaban J connectivity index is 4.09. The van der Waals surface area contributed by atoms with Crippen LogP contribution in [0, 0.1) is 0 Å². The van der Waals surface area contributed by atoms with Gasteiger partial charge in [0.1, 0.15) is 6.23 Å². The summed E-state index contributed by atoms with van der Waals surface area (Å²) in [5, 5.41) is 0. The molecule has 0 heterocycles. The molecule has 0 aromatic carbocycles. The van der Waals surface area contributed by atoms with Crippen molar-refractivity contribution < 1.29 is 14.3 Å².